The molecular formula is C14H11Cl2NO2. The summed E-state index contributed by atoms with van der Waals surface area (Å²) in [5, 5.41) is 11.0. The van der Waals surface area contributed by atoms with Gasteiger partial charge >= 0.3 is 0 Å². The van der Waals surface area contributed by atoms with Crippen LogP contribution in [0.4, 0.5) is 5.69 Å². The summed E-state index contributed by atoms with van der Waals surface area (Å²) in [6.07, 6.45) is 0.597. The smallest absolute Gasteiger partial charge is 0.258 e. The van der Waals surface area contributed by atoms with E-state index in [-0.39, 0.29) is 11.1 Å². The van der Waals surface area contributed by atoms with E-state index in [9.17, 15) is 10.1 Å². The van der Waals surface area contributed by atoms with Crippen LogP contribution in [-0.2, 0) is 6.42 Å². The molecule has 0 fully saturated rings. The van der Waals surface area contributed by atoms with Crippen molar-refractivity contribution < 1.29 is 4.92 Å². The van der Waals surface area contributed by atoms with E-state index in [4.69, 9.17) is 23.2 Å². The van der Waals surface area contributed by atoms with Gasteiger partial charge in [-0.2, -0.15) is 0 Å². The fraction of sp³-hybridized carbons (Fsp3) is 0.143. The number of nitro groups is 1. The number of non-ortho nitro benzene ring substituents is 1. The molecule has 1 atom stereocenters. The molecule has 0 bridgehead atoms. The first-order valence-corrected chi connectivity index (χ1v) is 6.50. The summed E-state index contributed by atoms with van der Waals surface area (Å²) >= 11 is 12.2. The number of hydrogen-bond donors (Lipinski definition) is 0. The zero-order valence-corrected chi connectivity index (χ0v) is 11.4. The Morgan fingerprint density at radius 2 is 1.84 bits per heavy atom. The first kappa shape index (κ1) is 13.8. The van der Waals surface area contributed by atoms with Gasteiger partial charge in [0.25, 0.3) is 5.69 Å². The van der Waals surface area contributed by atoms with Gasteiger partial charge in [-0.1, -0.05) is 35.9 Å². The highest BCUT2D eigenvalue weighted by molar-refractivity contribution is 6.30. The monoisotopic (exact) mass is 295 g/mol. The van der Waals surface area contributed by atoms with Crippen molar-refractivity contribution in [1.82, 2.24) is 0 Å². The second-order valence-corrected chi connectivity index (χ2v) is 5.11. The fourth-order valence-corrected chi connectivity index (χ4v) is 2.29. The molecule has 0 spiro atoms. The highest BCUT2D eigenvalue weighted by Crippen LogP contribution is 2.27. The van der Waals surface area contributed by atoms with Crippen molar-refractivity contribution in [3.8, 4) is 0 Å². The summed E-state index contributed by atoms with van der Waals surface area (Å²) in [5.41, 5.74) is 1.97. The molecule has 0 N–H and O–H groups in total. The number of hydrogen-bond acceptors (Lipinski definition) is 2. The number of nitro benzene ring substituents is 1. The van der Waals surface area contributed by atoms with Crippen molar-refractivity contribution in [3.63, 3.8) is 0 Å². The second-order valence-electron chi connectivity index (χ2n) is 4.15. The number of nitrogens with zero attached hydrogens (tertiary/aromatic N) is 1. The van der Waals surface area contributed by atoms with Crippen molar-refractivity contribution >= 4 is 28.9 Å². The molecule has 1 unspecified atom stereocenters. The minimum atomic E-state index is -0.418. The van der Waals surface area contributed by atoms with Gasteiger partial charge in [0.05, 0.1) is 10.3 Å². The van der Waals surface area contributed by atoms with Crippen LogP contribution in [0, 0.1) is 10.1 Å². The van der Waals surface area contributed by atoms with Gasteiger partial charge in [0, 0.05) is 17.2 Å². The zero-order valence-electron chi connectivity index (χ0n) is 9.92. The Morgan fingerprint density at radius 1 is 1.16 bits per heavy atom. The average molecular weight is 296 g/mol. The standard InChI is InChI=1S/C14H11Cl2NO2/c15-12-3-1-2-11(9-12)14(16)8-10-4-6-13(7-5-10)17(18)19/h1-7,9,14H,8H2. The molecule has 5 heteroatoms. The molecule has 0 radical (unpaired) electrons. The molecule has 3 nitrogen and oxygen atoms in total. The third-order valence-electron chi connectivity index (χ3n) is 2.77. The van der Waals surface area contributed by atoms with Crippen LogP contribution in [0.15, 0.2) is 48.5 Å². The van der Waals surface area contributed by atoms with Crippen molar-refractivity contribution in [2.75, 3.05) is 0 Å². The second kappa shape index (κ2) is 6.04. The van der Waals surface area contributed by atoms with E-state index in [0.29, 0.717) is 11.4 Å². The molecular weight excluding hydrogens is 285 g/mol. The lowest BCUT2D eigenvalue weighted by Gasteiger charge is -2.10. The van der Waals surface area contributed by atoms with Gasteiger partial charge < -0.3 is 0 Å². The van der Waals surface area contributed by atoms with E-state index in [1.54, 1.807) is 18.2 Å². The van der Waals surface area contributed by atoms with Gasteiger partial charge in [-0.05, 0) is 29.7 Å². The molecule has 2 rings (SSSR count). The molecule has 98 valence electrons. The average Bonchev–Trinajstić information content (AvgIpc) is 2.39. The topological polar surface area (TPSA) is 43.1 Å². The van der Waals surface area contributed by atoms with Crippen LogP contribution in [0.5, 0.6) is 0 Å². The Labute approximate surface area is 120 Å². The van der Waals surface area contributed by atoms with Gasteiger partial charge in [0.2, 0.25) is 0 Å². The Kier molecular flexibility index (Phi) is 4.40. The molecule has 0 saturated heterocycles. The fourth-order valence-electron chi connectivity index (χ4n) is 1.78. The largest absolute Gasteiger partial charge is 0.269 e. The van der Waals surface area contributed by atoms with Gasteiger partial charge in [0.1, 0.15) is 0 Å². The number of alkyl halides is 1. The third-order valence-corrected chi connectivity index (χ3v) is 3.41. The lowest BCUT2D eigenvalue weighted by Crippen LogP contribution is -1.96. The first-order chi connectivity index (χ1) is 9.06. The number of halogens is 2. The summed E-state index contributed by atoms with van der Waals surface area (Å²) < 4.78 is 0. The Hall–Kier alpha value is -1.58. The summed E-state index contributed by atoms with van der Waals surface area (Å²) in [5.74, 6) is 0. The molecule has 0 aliphatic rings. The Balaban J connectivity index is 2.10. The first-order valence-electron chi connectivity index (χ1n) is 5.69. The summed E-state index contributed by atoms with van der Waals surface area (Å²) in [6.45, 7) is 0. The maximum atomic E-state index is 10.6. The van der Waals surface area contributed by atoms with Crippen molar-refractivity contribution in [1.29, 1.82) is 0 Å². The highest BCUT2D eigenvalue weighted by Gasteiger charge is 2.11. The van der Waals surface area contributed by atoms with Gasteiger partial charge in [0.15, 0.2) is 0 Å². The zero-order chi connectivity index (χ0) is 13.8. The Morgan fingerprint density at radius 3 is 2.42 bits per heavy atom. The lowest BCUT2D eigenvalue weighted by atomic mass is 10.0. The highest BCUT2D eigenvalue weighted by atomic mass is 35.5. The quantitative estimate of drug-likeness (QED) is 0.463. The Bertz CT molecular complexity index is 584. The molecule has 2 aromatic carbocycles. The van der Waals surface area contributed by atoms with Gasteiger partial charge in [-0.3, -0.25) is 10.1 Å². The molecule has 2 aromatic rings. The molecule has 0 heterocycles. The van der Waals surface area contributed by atoms with Crippen LogP contribution >= 0.6 is 23.2 Å². The maximum absolute atomic E-state index is 10.6. The van der Waals surface area contributed by atoms with E-state index in [2.05, 4.69) is 0 Å². The maximum Gasteiger partial charge on any atom is 0.269 e. The normalized spacial score (nSPS) is 12.1. The SMILES string of the molecule is O=[N+]([O-])c1ccc(CC(Cl)c2cccc(Cl)c2)cc1. The molecule has 0 saturated carbocycles. The van der Waals surface area contributed by atoms with E-state index in [1.165, 1.54) is 12.1 Å². The van der Waals surface area contributed by atoms with Crippen LogP contribution in [0.1, 0.15) is 16.5 Å². The molecule has 0 aromatic heterocycles. The third kappa shape index (κ3) is 3.69. The predicted molar refractivity (Wildman–Crippen MR) is 76.8 cm³/mol. The minimum Gasteiger partial charge on any atom is -0.258 e. The van der Waals surface area contributed by atoms with Gasteiger partial charge in [-0.15, -0.1) is 11.6 Å². The molecule has 0 amide bonds. The minimum absolute atomic E-state index is 0.0811. The molecule has 0 aliphatic carbocycles. The van der Waals surface area contributed by atoms with Gasteiger partial charge in [-0.25, -0.2) is 0 Å². The van der Waals surface area contributed by atoms with Crippen LogP contribution in [0.2, 0.25) is 5.02 Å². The van der Waals surface area contributed by atoms with Crippen molar-refractivity contribution in [2.24, 2.45) is 0 Å². The van der Waals surface area contributed by atoms with Crippen LogP contribution < -0.4 is 0 Å². The van der Waals surface area contributed by atoms with E-state index < -0.39 is 4.92 Å². The summed E-state index contributed by atoms with van der Waals surface area (Å²) in [4.78, 5) is 10.1. The lowest BCUT2D eigenvalue weighted by molar-refractivity contribution is -0.384. The van der Waals surface area contributed by atoms with Crippen LogP contribution in [0.25, 0.3) is 0 Å². The predicted octanol–water partition coefficient (Wildman–Crippen LogP) is 4.77. The summed E-state index contributed by atoms with van der Waals surface area (Å²) in [7, 11) is 0. The summed E-state index contributed by atoms with van der Waals surface area (Å²) in [6, 6.07) is 13.8. The molecule has 0 aliphatic heterocycles. The van der Waals surface area contributed by atoms with Crippen molar-refractivity contribution in [2.45, 2.75) is 11.8 Å². The van der Waals surface area contributed by atoms with Crippen LogP contribution in [0.3, 0.4) is 0 Å². The molecule has 19 heavy (non-hydrogen) atoms. The van der Waals surface area contributed by atoms with Crippen molar-refractivity contribution in [3.05, 3.63) is 74.8 Å². The van der Waals surface area contributed by atoms with E-state index in [1.807, 2.05) is 18.2 Å². The van der Waals surface area contributed by atoms with E-state index in [0.717, 1.165) is 11.1 Å². The van der Waals surface area contributed by atoms with Crippen LogP contribution in [-0.4, -0.2) is 4.92 Å². The van der Waals surface area contributed by atoms with E-state index >= 15 is 0 Å². The number of benzene rings is 2. The number of rotatable bonds is 4.